The van der Waals surface area contributed by atoms with Crippen molar-refractivity contribution in [2.45, 2.75) is 173 Å². The van der Waals surface area contributed by atoms with Crippen LogP contribution in [0.2, 0.25) is 118 Å². The minimum atomic E-state index is -3.30. The van der Waals surface area contributed by atoms with E-state index in [0.29, 0.717) is 27.3 Å². The van der Waals surface area contributed by atoms with Crippen LogP contribution < -0.4 is 7.16 Å². The third kappa shape index (κ3) is 11.7. The zero-order valence-corrected chi connectivity index (χ0v) is 53.4. The van der Waals surface area contributed by atoms with E-state index in [1.54, 1.807) is 20.3 Å². The molecule has 9 heteroatoms. The molecular weight excluding hydrogens is 1040 g/mol. The second-order valence-electron chi connectivity index (χ2n) is 25.2. The monoisotopic (exact) mass is 1130 g/mol. The fourth-order valence-electron chi connectivity index (χ4n) is 12.3. The molecule has 1 nitrogen and oxygen atoms in total. The minimum absolute atomic E-state index is 0.383. The summed E-state index contributed by atoms with van der Waals surface area (Å²) in [6.45, 7) is 57.3. The van der Waals surface area contributed by atoms with Gasteiger partial charge in [0.05, 0.1) is 0 Å². The van der Waals surface area contributed by atoms with Crippen molar-refractivity contribution in [3.05, 3.63) is 107 Å². The maximum atomic E-state index is 15.4. The molecule has 0 fully saturated rings. The summed E-state index contributed by atoms with van der Waals surface area (Å²) in [5, 5.41) is 1.80. The Morgan fingerprint density at radius 1 is 0.383 bits per heavy atom. The second kappa shape index (κ2) is 19.2. The van der Waals surface area contributed by atoms with E-state index in [-0.39, 0.29) is 0 Å². The molecule has 0 atom stereocenters. The molecule has 0 heterocycles. The molecule has 328 valence electrons. The standard InChI is InChI=1S/C27H59Si6.C24H25.OTe.Sn/c1-28(2,3)25(29(4,5)6)22-19-23(26(30(7,8)9)31(10,11)12)21-24(20-22)27(32(13,14)15)33(16,17)18;1-17(2)21-12-5-7-14-23(21)19-10-9-11-20(16-19)24-15-8-6-13-22(24)18(3)4;1-2;/h19-20,25-27H,1-18H3;5-15,17-18H,1-4H3;;. The summed E-state index contributed by atoms with van der Waals surface area (Å²) in [6.07, 6.45) is 0. The van der Waals surface area contributed by atoms with Gasteiger partial charge in [-0.15, -0.1) is 0 Å². The van der Waals surface area contributed by atoms with Crippen LogP contribution in [0.3, 0.4) is 0 Å². The molecule has 0 saturated heterocycles. The van der Waals surface area contributed by atoms with E-state index in [1.807, 2.05) is 0 Å². The van der Waals surface area contributed by atoms with Gasteiger partial charge in [-0.1, -0.05) is 0 Å². The van der Waals surface area contributed by atoms with Gasteiger partial charge in [-0.05, 0) is 0 Å². The van der Waals surface area contributed by atoms with Crippen molar-refractivity contribution in [2.75, 3.05) is 0 Å². The number of hydrogen-bond donors (Lipinski definition) is 0. The molecule has 0 N–H and O–H groups in total. The van der Waals surface area contributed by atoms with Crippen LogP contribution in [0.4, 0.5) is 0 Å². The van der Waals surface area contributed by atoms with Gasteiger partial charge in [0.2, 0.25) is 0 Å². The van der Waals surface area contributed by atoms with Crippen LogP contribution in [0, 0.1) is 0 Å². The second-order valence-corrected chi connectivity index (χ2v) is 75.0. The molecule has 0 aliphatic carbocycles. The van der Waals surface area contributed by atoms with Crippen molar-refractivity contribution in [1.29, 1.82) is 0 Å². The quantitative estimate of drug-likeness (QED) is 0.108. The van der Waals surface area contributed by atoms with Gasteiger partial charge in [0, 0.05) is 0 Å². The molecule has 0 bridgehead atoms. The average Bonchev–Trinajstić information content (AvgIpc) is 3.05. The van der Waals surface area contributed by atoms with Crippen molar-refractivity contribution in [3.8, 4) is 22.3 Å². The third-order valence-electron chi connectivity index (χ3n) is 12.7. The van der Waals surface area contributed by atoms with Gasteiger partial charge in [0.15, 0.2) is 0 Å². The SMILES string of the molecule is CC(C)c1ccccc1-c1cccc(-c2ccccc2C(C)C)[c]1[Sn](=[Te]=O)[c]1c(C([Si](C)(C)C)[Si](C)(C)C)cc(C([Si](C)(C)C)[Si](C)(C)C)cc1C([Si](C)(C)C)[Si](C)(C)C. The Morgan fingerprint density at radius 2 is 0.683 bits per heavy atom. The van der Waals surface area contributed by atoms with E-state index in [4.69, 9.17) is 0 Å². The molecule has 0 aliphatic rings. The first-order chi connectivity index (χ1) is 27.2. The molecule has 0 spiro atoms. The normalized spacial score (nSPS) is 13.7. The van der Waals surface area contributed by atoms with Crippen LogP contribution in [0.1, 0.15) is 82.8 Å². The summed E-state index contributed by atoms with van der Waals surface area (Å²) in [5.74, 6) is 0.765. The summed E-state index contributed by atoms with van der Waals surface area (Å²) in [5.41, 5.74) is 13.3. The zero-order chi connectivity index (χ0) is 45.7. The van der Waals surface area contributed by atoms with Crippen LogP contribution in [0.25, 0.3) is 22.3 Å². The summed E-state index contributed by atoms with van der Waals surface area (Å²) in [4.78, 5) is 0. The van der Waals surface area contributed by atoms with Gasteiger partial charge < -0.3 is 0 Å². The van der Waals surface area contributed by atoms with E-state index in [0.717, 1.165) is 0 Å². The first-order valence-corrected chi connectivity index (χ1v) is 57.2. The molecular formula is C51H84OSi6SnTe. The molecule has 0 aliphatic heterocycles. The van der Waals surface area contributed by atoms with E-state index in [2.05, 4.69) is 224 Å². The van der Waals surface area contributed by atoms with Gasteiger partial charge in [-0.3, -0.25) is 0 Å². The molecule has 0 unspecified atom stereocenters. The summed E-state index contributed by atoms with van der Waals surface area (Å²) in [7, 11) is -10.5. The van der Waals surface area contributed by atoms with Crippen molar-refractivity contribution in [1.82, 2.24) is 0 Å². The molecule has 0 radical (unpaired) electrons. The van der Waals surface area contributed by atoms with E-state index < -0.39 is 80.0 Å². The van der Waals surface area contributed by atoms with Crippen LogP contribution in [0.5, 0.6) is 0 Å². The molecule has 0 saturated carbocycles. The number of rotatable bonds is 15. The average molecular weight is 1130 g/mol. The Bertz CT molecular complexity index is 2050. The van der Waals surface area contributed by atoms with Gasteiger partial charge in [0.1, 0.15) is 0 Å². The Hall–Kier alpha value is -0.430. The molecule has 4 aromatic rings. The van der Waals surface area contributed by atoms with Crippen LogP contribution in [0.15, 0.2) is 78.9 Å². The van der Waals surface area contributed by atoms with Gasteiger partial charge >= 0.3 is 392 Å². The topological polar surface area (TPSA) is 17.1 Å². The number of benzene rings is 4. The Labute approximate surface area is 388 Å². The molecule has 4 aromatic carbocycles. The zero-order valence-electron chi connectivity index (χ0n) is 42.2. The maximum absolute atomic E-state index is 15.4. The van der Waals surface area contributed by atoms with Crippen molar-refractivity contribution in [2.24, 2.45) is 0 Å². The van der Waals surface area contributed by atoms with E-state index in [9.17, 15) is 0 Å². The predicted molar refractivity (Wildman–Crippen MR) is 292 cm³/mol. The van der Waals surface area contributed by atoms with Gasteiger partial charge in [-0.25, -0.2) is 0 Å². The Balaban J connectivity index is 2.51. The number of hydrogen-bond acceptors (Lipinski definition) is 1. The summed E-state index contributed by atoms with van der Waals surface area (Å²) >= 11 is -4.92. The fourth-order valence-corrected chi connectivity index (χ4v) is 70.6. The van der Waals surface area contributed by atoms with Crippen molar-refractivity contribution >= 4 is 87.2 Å². The van der Waals surface area contributed by atoms with Crippen LogP contribution >= 0.6 is 0 Å². The third-order valence-corrected chi connectivity index (χ3v) is 57.9. The Morgan fingerprint density at radius 3 is 0.967 bits per heavy atom. The fraction of sp³-hybridized carbons (Fsp3) is 0.529. The molecule has 4 rings (SSSR count). The van der Waals surface area contributed by atoms with Crippen LogP contribution in [-0.4, -0.2) is 80.0 Å². The Kier molecular flexibility index (Phi) is 16.7. The first kappa shape index (κ1) is 52.2. The van der Waals surface area contributed by atoms with Crippen molar-refractivity contribution < 1.29 is 3.10 Å². The predicted octanol–water partition coefficient (Wildman–Crippen LogP) is 14.9. The summed E-state index contributed by atoms with van der Waals surface area (Å²) < 4.78 is 18.6. The van der Waals surface area contributed by atoms with Crippen LogP contribution in [-0.2, 0) is 3.10 Å². The summed E-state index contributed by atoms with van der Waals surface area (Å²) in [6, 6.07) is 31.3. The molecule has 0 amide bonds. The van der Waals surface area contributed by atoms with Gasteiger partial charge in [-0.2, -0.15) is 0 Å². The first-order valence-electron chi connectivity index (χ1n) is 22.9. The van der Waals surface area contributed by atoms with Crippen molar-refractivity contribution in [3.63, 3.8) is 0 Å². The van der Waals surface area contributed by atoms with E-state index >= 15 is 3.10 Å². The van der Waals surface area contributed by atoms with E-state index in [1.165, 1.54) is 37.0 Å². The molecule has 0 aromatic heterocycles. The molecule has 60 heavy (non-hydrogen) atoms. The van der Waals surface area contributed by atoms with Gasteiger partial charge in [0.25, 0.3) is 0 Å².